The van der Waals surface area contributed by atoms with Gasteiger partial charge in [-0.1, -0.05) is 31.0 Å². The van der Waals surface area contributed by atoms with Gasteiger partial charge in [-0.15, -0.1) is 0 Å². The van der Waals surface area contributed by atoms with Gasteiger partial charge < -0.3 is 10.1 Å². The van der Waals surface area contributed by atoms with Gasteiger partial charge in [0.1, 0.15) is 5.82 Å². The third-order valence-electron chi connectivity index (χ3n) is 6.20. The van der Waals surface area contributed by atoms with Crippen molar-refractivity contribution in [1.82, 2.24) is 9.78 Å². The highest BCUT2D eigenvalue weighted by molar-refractivity contribution is 7.93. The van der Waals surface area contributed by atoms with Gasteiger partial charge in [-0.2, -0.15) is 5.10 Å². The quantitative estimate of drug-likeness (QED) is 0.808. The topological polar surface area (TPSA) is 90.3 Å². The SMILES string of the molecule is Cn1nc(C2CCCC2)cc1NC(=O)C1(S(=O)(=O)c2ccccc2)CCOCC1. The minimum absolute atomic E-state index is 0.128. The van der Waals surface area contributed by atoms with Gasteiger partial charge in [-0.25, -0.2) is 8.42 Å². The lowest BCUT2D eigenvalue weighted by atomic mass is 9.98. The summed E-state index contributed by atoms with van der Waals surface area (Å²) in [6.07, 6.45) is 4.86. The van der Waals surface area contributed by atoms with E-state index in [0.717, 1.165) is 18.5 Å². The van der Waals surface area contributed by atoms with Crippen molar-refractivity contribution in [2.75, 3.05) is 18.5 Å². The fourth-order valence-electron chi connectivity index (χ4n) is 4.40. The van der Waals surface area contributed by atoms with Crippen molar-refractivity contribution in [3.05, 3.63) is 42.1 Å². The number of nitrogens with one attached hydrogen (secondary N) is 1. The number of nitrogens with zero attached hydrogens (tertiary/aromatic N) is 2. The van der Waals surface area contributed by atoms with Crippen LogP contribution in [0.25, 0.3) is 0 Å². The number of hydrogen-bond acceptors (Lipinski definition) is 5. The number of ether oxygens (including phenoxy) is 1. The fourth-order valence-corrected chi connectivity index (χ4v) is 6.37. The van der Waals surface area contributed by atoms with Gasteiger partial charge in [0.15, 0.2) is 14.6 Å². The summed E-state index contributed by atoms with van der Waals surface area (Å²) < 4.78 is 32.5. The molecule has 7 nitrogen and oxygen atoms in total. The van der Waals surface area contributed by atoms with Crippen LogP contribution >= 0.6 is 0 Å². The van der Waals surface area contributed by atoms with Crippen LogP contribution in [-0.2, 0) is 26.4 Å². The molecule has 1 saturated carbocycles. The molecule has 2 heterocycles. The zero-order chi connectivity index (χ0) is 20.5. The van der Waals surface area contributed by atoms with Gasteiger partial charge in [0.05, 0.1) is 10.6 Å². The standard InChI is InChI=1S/C21H27N3O4S/c1-24-19(15-18(23-24)16-7-5-6-8-16)22-20(25)21(11-13-28-14-12-21)29(26,27)17-9-3-2-4-10-17/h2-4,9-10,15-16H,5-8,11-14H2,1H3,(H,22,25). The highest BCUT2D eigenvalue weighted by atomic mass is 32.2. The van der Waals surface area contributed by atoms with Gasteiger partial charge in [-0.05, 0) is 37.8 Å². The molecule has 2 fully saturated rings. The van der Waals surface area contributed by atoms with Crippen LogP contribution < -0.4 is 5.32 Å². The molecule has 1 aliphatic heterocycles. The van der Waals surface area contributed by atoms with E-state index in [4.69, 9.17) is 4.74 Å². The lowest BCUT2D eigenvalue weighted by Gasteiger charge is -2.35. The molecule has 2 aromatic rings. The van der Waals surface area contributed by atoms with Crippen LogP contribution in [0, 0.1) is 0 Å². The van der Waals surface area contributed by atoms with E-state index in [0.29, 0.717) is 11.7 Å². The van der Waals surface area contributed by atoms with Gasteiger partial charge >= 0.3 is 0 Å². The van der Waals surface area contributed by atoms with Crippen LogP contribution in [0.1, 0.15) is 50.1 Å². The Kier molecular flexibility index (Phi) is 5.48. The van der Waals surface area contributed by atoms with Crippen molar-refractivity contribution in [3.63, 3.8) is 0 Å². The van der Waals surface area contributed by atoms with Crippen LogP contribution in [0.15, 0.2) is 41.3 Å². The van der Waals surface area contributed by atoms with E-state index in [9.17, 15) is 13.2 Å². The Morgan fingerprint density at radius 2 is 1.83 bits per heavy atom. The molecule has 1 saturated heterocycles. The maximum atomic E-state index is 13.5. The van der Waals surface area contributed by atoms with Gasteiger partial charge in [0.2, 0.25) is 5.91 Å². The van der Waals surface area contributed by atoms with Crippen LogP contribution in [-0.4, -0.2) is 42.1 Å². The van der Waals surface area contributed by atoms with E-state index in [2.05, 4.69) is 10.4 Å². The molecule has 0 atom stereocenters. The largest absolute Gasteiger partial charge is 0.381 e. The van der Waals surface area contributed by atoms with Crippen LogP contribution in [0.2, 0.25) is 0 Å². The Hall–Kier alpha value is -2.19. The zero-order valence-electron chi connectivity index (χ0n) is 16.6. The fraction of sp³-hybridized carbons (Fsp3) is 0.524. The average molecular weight is 418 g/mol. The first-order valence-electron chi connectivity index (χ1n) is 10.2. The van der Waals surface area contributed by atoms with E-state index in [1.54, 1.807) is 42.1 Å². The number of amides is 1. The summed E-state index contributed by atoms with van der Waals surface area (Å²) in [5, 5.41) is 7.43. The molecule has 0 spiro atoms. The number of rotatable bonds is 5. The van der Waals surface area contributed by atoms with Crippen molar-refractivity contribution in [2.45, 2.75) is 54.1 Å². The second kappa shape index (κ2) is 7.91. The van der Waals surface area contributed by atoms with E-state index in [1.807, 2.05) is 6.07 Å². The van der Waals surface area contributed by atoms with E-state index < -0.39 is 20.5 Å². The number of anilines is 1. The molecule has 156 valence electrons. The monoisotopic (exact) mass is 417 g/mol. The second-order valence-corrected chi connectivity index (χ2v) is 10.2. The highest BCUT2D eigenvalue weighted by Crippen LogP contribution is 2.37. The predicted molar refractivity (Wildman–Crippen MR) is 109 cm³/mol. The predicted octanol–water partition coefficient (Wildman–Crippen LogP) is 3.04. The normalized spacial score (nSPS) is 19.9. The summed E-state index contributed by atoms with van der Waals surface area (Å²) in [6.45, 7) is 0.469. The molecule has 0 bridgehead atoms. The molecular formula is C21H27N3O4S. The Balaban J connectivity index is 1.65. The maximum Gasteiger partial charge on any atom is 0.247 e. The maximum absolute atomic E-state index is 13.5. The van der Waals surface area contributed by atoms with Crippen molar-refractivity contribution >= 4 is 21.6 Å². The Bertz CT molecular complexity index is 973. The number of benzene rings is 1. The molecule has 1 aromatic carbocycles. The summed E-state index contributed by atoms with van der Waals surface area (Å²) >= 11 is 0. The van der Waals surface area contributed by atoms with E-state index in [1.165, 1.54) is 12.8 Å². The molecule has 1 aliphatic carbocycles. The van der Waals surface area contributed by atoms with Gasteiger partial charge in [0.25, 0.3) is 0 Å². The molecule has 8 heteroatoms. The van der Waals surface area contributed by atoms with Gasteiger partial charge in [-0.3, -0.25) is 9.48 Å². The van der Waals surface area contributed by atoms with E-state index in [-0.39, 0.29) is 31.0 Å². The van der Waals surface area contributed by atoms with E-state index >= 15 is 0 Å². The smallest absolute Gasteiger partial charge is 0.247 e. The lowest BCUT2D eigenvalue weighted by Crippen LogP contribution is -2.53. The number of sulfone groups is 1. The number of aryl methyl sites for hydroxylation is 1. The average Bonchev–Trinajstić information content (AvgIpc) is 3.39. The summed E-state index contributed by atoms with van der Waals surface area (Å²) in [4.78, 5) is 13.6. The Morgan fingerprint density at radius 1 is 1.17 bits per heavy atom. The Labute approximate surface area is 171 Å². The van der Waals surface area contributed by atoms with Crippen LogP contribution in [0.5, 0.6) is 0 Å². The molecule has 4 rings (SSSR count). The number of carbonyl (C=O) groups is 1. The molecule has 1 amide bonds. The minimum atomic E-state index is -3.89. The number of hydrogen-bond donors (Lipinski definition) is 1. The molecule has 1 aromatic heterocycles. The third-order valence-corrected chi connectivity index (χ3v) is 8.71. The number of carbonyl (C=O) groups excluding carboxylic acids is 1. The second-order valence-electron chi connectivity index (χ2n) is 7.94. The van der Waals surface area contributed by atoms with Crippen molar-refractivity contribution in [3.8, 4) is 0 Å². The van der Waals surface area contributed by atoms with Crippen LogP contribution in [0.4, 0.5) is 5.82 Å². The number of aromatic nitrogens is 2. The van der Waals surface area contributed by atoms with Crippen LogP contribution in [0.3, 0.4) is 0 Å². The summed E-state index contributed by atoms with van der Waals surface area (Å²) in [6, 6.07) is 10.1. The minimum Gasteiger partial charge on any atom is -0.381 e. The third kappa shape index (κ3) is 3.59. The Morgan fingerprint density at radius 3 is 2.48 bits per heavy atom. The molecule has 1 N–H and O–H groups in total. The van der Waals surface area contributed by atoms with Crippen molar-refractivity contribution < 1.29 is 17.9 Å². The molecular weight excluding hydrogens is 390 g/mol. The zero-order valence-corrected chi connectivity index (χ0v) is 17.5. The van der Waals surface area contributed by atoms with Crippen molar-refractivity contribution in [2.24, 2.45) is 7.05 Å². The summed E-state index contributed by atoms with van der Waals surface area (Å²) in [7, 11) is -2.11. The first-order chi connectivity index (χ1) is 13.9. The molecule has 0 unspecified atom stereocenters. The highest BCUT2D eigenvalue weighted by Gasteiger charge is 2.52. The summed E-state index contributed by atoms with van der Waals surface area (Å²) in [5.41, 5.74) is 0.965. The summed E-state index contributed by atoms with van der Waals surface area (Å²) in [5.74, 6) is 0.439. The first-order valence-corrected chi connectivity index (χ1v) is 11.7. The molecule has 0 radical (unpaired) electrons. The first kappa shape index (κ1) is 20.1. The lowest BCUT2D eigenvalue weighted by molar-refractivity contribution is -0.121. The molecule has 2 aliphatic rings. The van der Waals surface area contributed by atoms with Gasteiger partial charge in [0, 0.05) is 32.2 Å². The molecule has 29 heavy (non-hydrogen) atoms. The van der Waals surface area contributed by atoms with Crippen molar-refractivity contribution in [1.29, 1.82) is 0 Å².